The zero-order valence-electron chi connectivity index (χ0n) is 10.2. The molecule has 3 nitrogen and oxygen atoms in total. The van der Waals surface area contributed by atoms with Gasteiger partial charge in [0.25, 0.3) is 0 Å². The number of thioether (sulfide) groups is 1. The summed E-state index contributed by atoms with van der Waals surface area (Å²) in [5.41, 5.74) is 5.80. The van der Waals surface area contributed by atoms with Crippen molar-refractivity contribution in [3.8, 4) is 0 Å². The summed E-state index contributed by atoms with van der Waals surface area (Å²) in [7, 11) is 0. The molecular weight excluding hydrogens is 220 g/mol. The number of amides is 1. The predicted octanol–water partition coefficient (Wildman–Crippen LogP) is 1.91. The van der Waals surface area contributed by atoms with Crippen LogP contribution in [0.2, 0.25) is 0 Å². The summed E-state index contributed by atoms with van der Waals surface area (Å²) in [6.45, 7) is 2.91. The fourth-order valence-corrected chi connectivity index (χ4v) is 3.11. The van der Waals surface area contributed by atoms with E-state index in [4.69, 9.17) is 5.73 Å². The van der Waals surface area contributed by atoms with Crippen LogP contribution >= 0.6 is 11.8 Å². The minimum absolute atomic E-state index is 0.0274. The van der Waals surface area contributed by atoms with Gasteiger partial charge in [-0.2, -0.15) is 11.8 Å². The SMILES string of the molecule is CCCCC(N)C(=O)NCC1CCCCS1. The van der Waals surface area contributed by atoms with Gasteiger partial charge < -0.3 is 11.1 Å². The molecule has 2 unspecified atom stereocenters. The molecule has 4 heteroatoms. The molecule has 1 fully saturated rings. The molecule has 0 spiro atoms. The standard InChI is InChI=1S/C12H24N2OS/c1-2-3-7-11(13)12(15)14-9-10-6-4-5-8-16-10/h10-11H,2-9,13H2,1H3,(H,14,15). The first-order valence-corrected chi connectivity index (χ1v) is 7.43. The summed E-state index contributed by atoms with van der Waals surface area (Å²) in [6.07, 6.45) is 6.79. The number of hydrogen-bond acceptors (Lipinski definition) is 3. The van der Waals surface area contributed by atoms with Crippen LogP contribution in [0.25, 0.3) is 0 Å². The van der Waals surface area contributed by atoms with Crippen LogP contribution in [0, 0.1) is 0 Å². The molecule has 3 N–H and O–H groups in total. The monoisotopic (exact) mass is 244 g/mol. The van der Waals surface area contributed by atoms with Gasteiger partial charge in [-0.15, -0.1) is 0 Å². The lowest BCUT2D eigenvalue weighted by atomic mass is 10.1. The Kier molecular flexibility index (Phi) is 6.88. The molecule has 1 heterocycles. The molecule has 1 aliphatic rings. The summed E-state index contributed by atoms with van der Waals surface area (Å²) in [6, 6.07) is -0.312. The Morgan fingerprint density at radius 1 is 1.56 bits per heavy atom. The Morgan fingerprint density at radius 2 is 2.38 bits per heavy atom. The van der Waals surface area contributed by atoms with Gasteiger partial charge in [0.2, 0.25) is 5.91 Å². The van der Waals surface area contributed by atoms with Crippen LogP contribution in [0.1, 0.15) is 45.4 Å². The van der Waals surface area contributed by atoms with Crippen LogP contribution in [0.3, 0.4) is 0 Å². The first-order valence-electron chi connectivity index (χ1n) is 6.39. The summed E-state index contributed by atoms with van der Waals surface area (Å²) in [5.74, 6) is 1.27. The van der Waals surface area contributed by atoms with Crippen molar-refractivity contribution < 1.29 is 4.79 Å². The molecule has 94 valence electrons. The van der Waals surface area contributed by atoms with Crippen molar-refractivity contribution in [3.05, 3.63) is 0 Å². The van der Waals surface area contributed by atoms with Crippen molar-refractivity contribution in [3.63, 3.8) is 0 Å². The quantitative estimate of drug-likeness (QED) is 0.750. The number of carbonyl (C=O) groups excluding carboxylic acids is 1. The molecule has 1 rings (SSSR count). The van der Waals surface area contributed by atoms with E-state index in [-0.39, 0.29) is 11.9 Å². The fourth-order valence-electron chi connectivity index (χ4n) is 1.87. The maximum atomic E-state index is 11.6. The van der Waals surface area contributed by atoms with Gasteiger partial charge in [0.15, 0.2) is 0 Å². The van der Waals surface area contributed by atoms with E-state index in [0.717, 1.165) is 25.8 Å². The van der Waals surface area contributed by atoms with Crippen LogP contribution in [0.5, 0.6) is 0 Å². The van der Waals surface area contributed by atoms with E-state index in [1.165, 1.54) is 25.0 Å². The molecule has 1 amide bonds. The highest BCUT2D eigenvalue weighted by molar-refractivity contribution is 7.99. The molecule has 1 aliphatic heterocycles. The summed E-state index contributed by atoms with van der Waals surface area (Å²) >= 11 is 1.98. The third-order valence-electron chi connectivity index (χ3n) is 2.98. The zero-order chi connectivity index (χ0) is 11.8. The van der Waals surface area contributed by atoms with Gasteiger partial charge in [0, 0.05) is 11.8 Å². The maximum Gasteiger partial charge on any atom is 0.236 e. The smallest absolute Gasteiger partial charge is 0.236 e. The van der Waals surface area contributed by atoms with Gasteiger partial charge in [-0.25, -0.2) is 0 Å². The van der Waals surface area contributed by atoms with Gasteiger partial charge in [-0.1, -0.05) is 26.2 Å². The van der Waals surface area contributed by atoms with Crippen molar-refractivity contribution in [1.29, 1.82) is 0 Å². The molecule has 2 atom stereocenters. The number of carbonyl (C=O) groups is 1. The van der Waals surface area contributed by atoms with Gasteiger partial charge in [-0.3, -0.25) is 4.79 Å². The van der Waals surface area contributed by atoms with E-state index in [1.54, 1.807) is 0 Å². The van der Waals surface area contributed by atoms with Crippen molar-refractivity contribution in [2.75, 3.05) is 12.3 Å². The third kappa shape index (κ3) is 5.21. The molecule has 0 aromatic rings. The van der Waals surface area contributed by atoms with Crippen molar-refractivity contribution in [2.45, 2.75) is 56.7 Å². The van der Waals surface area contributed by atoms with E-state index in [0.29, 0.717) is 5.25 Å². The molecular formula is C12H24N2OS. The highest BCUT2D eigenvalue weighted by atomic mass is 32.2. The molecule has 16 heavy (non-hydrogen) atoms. The summed E-state index contributed by atoms with van der Waals surface area (Å²) in [5, 5.41) is 3.58. The van der Waals surface area contributed by atoms with Gasteiger partial charge >= 0.3 is 0 Å². The van der Waals surface area contributed by atoms with E-state index in [9.17, 15) is 4.79 Å². The maximum absolute atomic E-state index is 11.6. The number of nitrogens with two attached hydrogens (primary N) is 1. The Balaban J connectivity index is 2.12. The molecule has 0 saturated carbocycles. The lowest BCUT2D eigenvalue weighted by Gasteiger charge is -2.22. The van der Waals surface area contributed by atoms with E-state index in [1.807, 2.05) is 11.8 Å². The number of rotatable bonds is 6. The van der Waals surface area contributed by atoms with Crippen LogP contribution in [0.4, 0.5) is 0 Å². The van der Waals surface area contributed by atoms with E-state index in [2.05, 4.69) is 12.2 Å². The second-order valence-corrected chi connectivity index (χ2v) is 5.89. The molecule has 0 aliphatic carbocycles. The number of hydrogen-bond donors (Lipinski definition) is 2. The third-order valence-corrected chi connectivity index (χ3v) is 4.38. The normalized spacial score (nSPS) is 22.8. The lowest BCUT2D eigenvalue weighted by Crippen LogP contribution is -2.43. The minimum Gasteiger partial charge on any atom is -0.354 e. The first kappa shape index (κ1) is 13.8. The second kappa shape index (κ2) is 7.96. The van der Waals surface area contributed by atoms with Crippen LogP contribution in [0.15, 0.2) is 0 Å². The van der Waals surface area contributed by atoms with Crippen LogP contribution in [-0.4, -0.2) is 29.5 Å². The highest BCUT2D eigenvalue weighted by Gasteiger charge is 2.17. The topological polar surface area (TPSA) is 55.1 Å². The molecule has 0 bridgehead atoms. The molecule has 0 aromatic carbocycles. The largest absolute Gasteiger partial charge is 0.354 e. The van der Waals surface area contributed by atoms with Gasteiger partial charge in [0.1, 0.15) is 0 Å². The average molecular weight is 244 g/mol. The zero-order valence-corrected chi connectivity index (χ0v) is 11.0. The summed E-state index contributed by atoms with van der Waals surface area (Å²) < 4.78 is 0. The summed E-state index contributed by atoms with van der Waals surface area (Å²) in [4.78, 5) is 11.6. The Morgan fingerprint density at radius 3 is 3.00 bits per heavy atom. The predicted molar refractivity (Wildman–Crippen MR) is 70.6 cm³/mol. The van der Waals surface area contributed by atoms with E-state index >= 15 is 0 Å². The molecule has 1 saturated heterocycles. The van der Waals surface area contributed by atoms with Gasteiger partial charge in [0.05, 0.1) is 6.04 Å². The van der Waals surface area contributed by atoms with Crippen LogP contribution < -0.4 is 11.1 Å². The molecule has 0 aromatic heterocycles. The Hall–Kier alpha value is -0.220. The fraction of sp³-hybridized carbons (Fsp3) is 0.917. The van der Waals surface area contributed by atoms with Crippen LogP contribution in [-0.2, 0) is 4.79 Å². The lowest BCUT2D eigenvalue weighted by molar-refractivity contribution is -0.122. The Labute approximate surface area is 103 Å². The number of nitrogens with one attached hydrogen (secondary N) is 1. The van der Waals surface area contributed by atoms with Crippen molar-refractivity contribution in [2.24, 2.45) is 5.73 Å². The van der Waals surface area contributed by atoms with Crippen molar-refractivity contribution in [1.82, 2.24) is 5.32 Å². The Bertz CT molecular complexity index is 205. The second-order valence-electron chi connectivity index (χ2n) is 4.48. The van der Waals surface area contributed by atoms with E-state index < -0.39 is 0 Å². The minimum atomic E-state index is -0.312. The van der Waals surface area contributed by atoms with Crippen molar-refractivity contribution >= 4 is 17.7 Å². The number of unbranched alkanes of at least 4 members (excludes halogenated alkanes) is 1. The molecule has 0 radical (unpaired) electrons. The average Bonchev–Trinajstić information content (AvgIpc) is 2.34. The van der Waals surface area contributed by atoms with Gasteiger partial charge in [-0.05, 0) is 25.0 Å². The first-order chi connectivity index (χ1) is 7.74. The highest BCUT2D eigenvalue weighted by Crippen LogP contribution is 2.24.